The molecule has 4 N–H and O–H groups in total. The topological polar surface area (TPSA) is 173 Å². The molecule has 162 valence electrons. The van der Waals surface area contributed by atoms with Crippen molar-refractivity contribution in [2.24, 2.45) is 11.8 Å². The number of urea groups is 1. The predicted molar refractivity (Wildman–Crippen MR) is 105 cm³/mol. The summed E-state index contributed by atoms with van der Waals surface area (Å²) in [5.41, 5.74) is 0.0243. The Morgan fingerprint density at radius 1 is 1.03 bits per heavy atom. The number of H-pyrrole nitrogens is 2. The molecule has 0 bridgehead atoms. The van der Waals surface area contributed by atoms with Crippen molar-refractivity contribution >= 4 is 28.9 Å². The molecule has 1 aromatic carbocycles. The number of carbonyl (C=O) groups is 3. The van der Waals surface area contributed by atoms with Gasteiger partial charge in [0, 0.05) is 28.6 Å². The minimum atomic E-state index is -0.739. The van der Waals surface area contributed by atoms with Gasteiger partial charge >= 0.3 is 17.7 Å². The maximum absolute atomic E-state index is 12.7. The first-order valence-corrected chi connectivity index (χ1v) is 9.66. The summed E-state index contributed by atoms with van der Waals surface area (Å²) in [5.74, 6) is -2.77. The molecule has 1 aliphatic carbocycles. The van der Waals surface area contributed by atoms with Gasteiger partial charge in [0.1, 0.15) is 6.26 Å². The molecule has 12 nitrogen and oxygen atoms in total. The van der Waals surface area contributed by atoms with E-state index in [0.717, 1.165) is 0 Å². The summed E-state index contributed by atoms with van der Waals surface area (Å²) in [6.07, 6.45) is 2.60. The monoisotopic (exact) mass is 438 g/mol. The highest BCUT2D eigenvalue weighted by Gasteiger charge is 2.64. The average molecular weight is 438 g/mol. The highest BCUT2D eigenvalue weighted by Crippen LogP contribution is 2.58. The second-order valence-electron chi connectivity index (χ2n) is 7.83. The quantitative estimate of drug-likeness (QED) is 0.318. The lowest BCUT2D eigenvalue weighted by Crippen LogP contribution is -2.72. The lowest BCUT2D eigenvalue weighted by molar-refractivity contribution is -0.155. The van der Waals surface area contributed by atoms with E-state index in [9.17, 15) is 24.0 Å². The number of aromatic nitrogens is 2. The number of carbonyl (C=O) groups excluding carboxylic acids is 3. The summed E-state index contributed by atoms with van der Waals surface area (Å²) >= 11 is 0. The molecule has 3 aromatic rings. The highest BCUT2D eigenvalue weighted by molar-refractivity contribution is 6.04. The SMILES string of the molecule is COc1c2c(cc3c(-c4c[nH]c(=O)[nH]c4=O)coc13)C1C(C(=O)O2)C2NC(=O)NC(=O)[C@H]21. The summed E-state index contributed by atoms with van der Waals surface area (Å²) < 4.78 is 16.7. The van der Waals surface area contributed by atoms with Gasteiger partial charge in [-0.1, -0.05) is 0 Å². The van der Waals surface area contributed by atoms with Gasteiger partial charge < -0.3 is 24.2 Å². The van der Waals surface area contributed by atoms with Crippen LogP contribution in [0.25, 0.3) is 22.1 Å². The van der Waals surface area contributed by atoms with E-state index in [1.165, 1.54) is 19.6 Å². The normalized spacial score (nSPS) is 25.6. The number of aromatic amines is 2. The molecule has 3 amide bonds. The minimum absolute atomic E-state index is 0.130. The molecule has 4 atom stereocenters. The number of fused-ring (bicyclic) bond motifs is 7. The third-order valence-corrected chi connectivity index (χ3v) is 6.34. The standard InChI is InChI=1S/C20H14N4O8/c1-30-15-13-5(8(4-31-13)7-3-21-19(28)23-16(7)25)2-6-9-10-12(22-20(29)24-17(10)26)11(9)18(27)32-14(6)15/h2-4,9-12H,1H3,(H2,21,23,25,28)(H2,22,24,26,29)/t9?,10-,11?,12?/m0/s1. The van der Waals surface area contributed by atoms with Crippen LogP contribution < -0.4 is 31.4 Å². The van der Waals surface area contributed by atoms with Crippen LogP contribution in [0.4, 0.5) is 4.79 Å². The van der Waals surface area contributed by atoms with Gasteiger partial charge in [0.2, 0.25) is 11.7 Å². The Balaban J connectivity index is 1.58. The van der Waals surface area contributed by atoms with E-state index in [4.69, 9.17) is 13.9 Å². The fraction of sp³-hybridized carbons (Fsp3) is 0.250. The van der Waals surface area contributed by atoms with Crippen molar-refractivity contribution in [3.8, 4) is 22.6 Å². The number of rotatable bonds is 2. The number of furan rings is 1. The van der Waals surface area contributed by atoms with Gasteiger partial charge in [-0.05, 0) is 6.07 Å². The Morgan fingerprint density at radius 3 is 2.59 bits per heavy atom. The molecule has 2 aromatic heterocycles. The second-order valence-corrected chi connectivity index (χ2v) is 7.83. The van der Waals surface area contributed by atoms with E-state index in [0.29, 0.717) is 16.5 Å². The number of esters is 1. The molecule has 3 aliphatic rings. The Kier molecular flexibility index (Phi) is 3.51. The molecule has 12 heteroatoms. The number of benzene rings is 1. The van der Waals surface area contributed by atoms with Crippen molar-refractivity contribution in [1.82, 2.24) is 20.6 Å². The summed E-state index contributed by atoms with van der Waals surface area (Å²) in [4.78, 5) is 65.3. The van der Waals surface area contributed by atoms with Crippen LogP contribution in [0.2, 0.25) is 0 Å². The fourth-order valence-corrected chi connectivity index (χ4v) is 4.98. The molecule has 1 saturated carbocycles. The van der Waals surface area contributed by atoms with Crippen LogP contribution in [0.3, 0.4) is 0 Å². The van der Waals surface area contributed by atoms with E-state index >= 15 is 0 Å². The first-order valence-electron chi connectivity index (χ1n) is 9.66. The molecule has 0 spiro atoms. The van der Waals surface area contributed by atoms with Gasteiger partial charge in [-0.15, -0.1) is 0 Å². The van der Waals surface area contributed by atoms with Crippen LogP contribution in [-0.2, 0) is 9.59 Å². The number of hydrogen-bond donors (Lipinski definition) is 4. The van der Waals surface area contributed by atoms with Gasteiger partial charge in [0.25, 0.3) is 5.56 Å². The Labute approximate surface area is 176 Å². The summed E-state index contributed by atoms with van der Waals surface area (Å²) in [5, 5.41) is 5.32. The van der Waals surface area contributed by atoms with Gasteiger partial charge in [0.15, 0.2) is 11.3 Å². The van der Waals surface area contributed by atoms with Crippen molar-refractivity contribution in [2.45, 2.75) is 12.0 Å². The lowest BCUT2D eigenvalue weighted by atomic mass is 9.56. The van der Waals surface area contributed by atoms with Crippen molar-refractivity contribution in [3.05, 3.63) is 44.9 Å². The molecule has 1 saturated heterocycles. The molecular formula is C20H14N4O8. The predicted octanol–water partition coefficient (Wildman–Crippen LogP) is -0.0584. The molecule has 2 fully saturated rings. The van der Waals surface area contributed by atoms with Gasteiger partial charge in [0.05, 0.1) is 30.6 Å². The number of amides is 3. The van der Waals surface area contributed by atoms with Gasteiger partial charge in [-0.2, -0.15) is 0 Å². The highest BCUT2D eigenvalue weighted by atomic mass is 16.6. The first-order chi connectivity index (χ1) is 15.4. The number of hydrogen-bond acceptors (Lipinski definition) is 8. The Morgan fingerprint density at radius 2 is 1.84 bits per heavy atom. The molecule has 3 unspecified atom stereocenters. The molecule has 2 aliphatic heterocycles. The van der Waals surface area contributed by atoms with E-state index < -0.39 is 53.0 Å². The van der Waals surface area contributed by atoms with Crippen molar-refractivity contribution in [3.63, 3.8) is 0 Å². The van der Waals surface area contributed by atoms with Crippen LogP contribution in [0.5, 0.6) is 11.5 Å². The van der Waals surface area contributed by atoms with E-state index in [1.54, 1.807) is 6.07 Å². The zero-order valence-corrected chi connectivity index (χ0v) is 16.3. The number of nitrogens with one attached hydrogen (secondary N) is 4. The lowest BCUT2D eigenvalue weighted by Gasteiger charge is -2.53. The van der Waals surface area contributed by atoms with Gasteiger partial charge in [-0.25, -0.2) is 9.59 Å². The van der Waals surface area contributed by atoms with Crippen LogP contribution in [0.15, 0.2) is 32.5 Å². The van der Waals surface area contributed by atoms with Crippen molar-refractivity contribution in [1.29, 1.82) is 0 Å². The fourth-order valence-electron chi connectivity index (χ4n) is 4.98. The van der Waals surface area contributed by atoms with Gasteiger partial charge in [-0.3, -0.25) is 24.7 Å². The largest absolute Gasteiger partial charge is 0.490 e. The number of ether oxygens (including phenoxy) is 2. The zero-order valence-electron chi connectivity index (χ0n) is 16.3. The molecule has 0 radical (unpaired) electrons. The summed E-state index contributed by atoms with van der Waals surface area (Å²) in [6, 6.07) is 0.353. The van der Waals surface area contributed by atoms with E-state index in [2.05, 4.69) is 20.6 Å². The number of methoxy groups -OCH3 is 1. The van der Waals surface area contributed by atoms with E-state index in [-0.39, 0.29) is 22.6 Å². The minimum Gasteiger partial charge on any atom is -0.490 e. The van der Waals surface area contributed by atoms with Crippen molar-refractivity contribution < 1.29 is 28.3 Å². The van der Waals surface area contributed by atoms with Crippen LogP contribution in [-0.4, -0.2) is 41.0 Å². The first kappa shape index (κ1) is 18.4. The second kappa shape index (κ2) is 6.09. The van der Waals surface area contributed by atoms with Crippen LogP contribution in [0.1, 0.15) is 11.5 Å². The Hall–Kier alpha value is -4.35. The van der Waals surface area contributed by atoms with Crippen LogP contribution in [0, 0.1) is 11.8 Å². The van der Waals surface area contributed by atoms with Crippen LogP contribution >= 0.6 is 0 Å². The number of imide groups is 1. The third kappa shape index (κ3) is 2.23. The summed E-state index contributed by atoms with van der Waals surface area (Å²) in [6.45, 7) is 0. The van der Waals surface area contributed by atoms with Crippen molar-refractivity contribution in [2.75, 3.05) is 7.11 Å². The smallest absolute Gasteiger partial charge is 0.325 e. The van der Waals surface area contributed by atoms with E-state index in [1.807, 2.05) is 0 Å². The maximum Gasteiger partial charge on any atom is 0.325 e. The molecule has 6 rings (SSSR count). The Bertz CT molecular complexity index is 1480. The molecular weight excluding hydrogens is 424 g/mol. The summed E-state index contributed by atoms with van der Waals surface area (Å²) in [7, 11) is 1.38. The molecule has 4 heterocycles. The average Bonchev–Trinajstić information content (AvgIpc) is 3.12. The maximum atomic E-state index is 12.7. The zero-order chi connectivity index (χ0) is 22.3. The molecule has 32 heavy (non-hydrogen) atoms. The third-order valence-electron chi connectivity index (χ3n) is 6.34.